The zero-order valence-electron chi connectivity index (χ0n) is 10.9. The number of nitrogens with zero attached hydrogens (tertiary/aromatic N) is 2. The van der Waals surface area contributed by atoms with E-state index >= 15 is 0 Å². The molecule has 0 spiro atoms. The van der Waals surface area contributed by atoms with Crippen molar-refractivity contribution in [1.82, 2.24) is 15.2 Å². The summed E-state index contributed by atoms with van der Waals surface area (Å²) in [6, 6.07) is 10.7. The van der Waals surface area contributed by atoms with Gasteiger partial charge in [-0.15, -0.1) is 0 Å². The van der Waals surface area contributed by atoms with Crippen molar-refractivity contribution >= 4 is 0 Å². The van der Waals surface area contributed by atoms with E-state index in [2.05, 4.69) is 41.7 Å². The molecule has 1 unspecified atom stereocenters. The first kappa shape index (κ1) is 12.8. The molecule has 0 saturated carbocycles. The fourth-order valence-electron chi connectivity index (χ4n) is 2.17. The molecule has 2 aromatic rings. The van der Waals surface area contributed by atoms with E-state index in [0.29, 0.717) is 0 Å². The number of rotatable bonds is 5. The normalized spacial score (nSPS) is 12.6. The molecule has 1 aromatic heterocycles. The number of aryl methyl sites for hydroxylation is 3. The third-order valence-electron chi connectivity index (χ3n) is 3.26. The number of aromatic nitrogens is 2. The van der Waals surface area contributed by atoms with Gasteiger partial charge in [0.05, 0.1) is 0 Å². The molecule has 0 amide bonds. The van der Waals surface area contributed by atoms with Crippen LogP contribution in [0.4, 0.5) is 0 Å². The van der Waals surface area contributed by atoms with E-state index in [-0.39, 0.29) is 6.04 Å². The van der Waals surface area contributed by atoms with Crippen molar-refractivity contribution in [3.8, 4) is 0 Å². The fraction of sp³-hybridized carbons (Fsp3) is 0.357. The van der Waals surface area contributed by atoms with Crippen molar-refractivity contribution in [3.63, 3.8) is 0 Å². The number of nitrogens with two attached hydrogens (primary N) is 1. The second kappa shape index (κ2) is 5.80. The first-order valence-corrected chi connectivity index (χ1v) is 6.20. The van der Waals surface area contributed by atoms with Gasteiger partial charge in [0.1, 0.15) is 0 Å². The van der Waals surface area contributed by atoms with E-state index in [9.17, 15) is 0 Å². The first-order chi connectivity index (χ1) is 8.70. The van der Waals surface area contributed by atoms with Crippen LogP contribution in [0.15, 0.2) is 36.5 Å². The highest BCUT2D eigenvalue weighted by Gasteiger charge is 2.10. The van der Waals surface area contributed by atoms with Crippen molar-refractivity contribution < 1.29 is 0 Å². The lowest BCUT2D eigenvalue weighted by Crippen LogP contribution is -2.28. The van der Waals surface area contributed by atoms with Crippen molar-refractivity contribution in [2.24, 2.45) is 12.9 Å². The zero-order valence-corrected chi connectivity index (χ0v) is 10.9. The maximum Gasteiger partial charge on any atom is 0.0492 e. The molecule has 0 saturated heterocycles. The van der Waals surface area contributed by atoms with E-state index in [0.717, 1.165) is 12.8 Å². The third kappa shape index (κ3) is 2.97. The number of hydrazine groups is 1. The number of nitrogens with one attached hydrogen (secondary N) is 1. The molecule has 2 rings (SSSR count). The summed E-state index contributed by atoms with van der Waals surface area (Å²) in [5.41, 5.74) is 6.62. The SMILES string of the molecule is Cc1cccc(C(CCc2ccnn2C)NN)c1. The number of hydrogen-bond donors (Lipinski definition) is 2. The van der Waals surface area contributed by atoms with Gasteiger partial charge in [-0.2, -0.15) is 5.10 Å². The van der Waals surface area contributed by atoms with Gasteiger partial charge in [0.2, 0.25) is 0 Å². The predicted molar refractivity (Wildman–Crippen MR) is 72.8 cm³/mol. The average molecular weight is 244 g/mol. The molecule has 0 fully saturated rings. The van der Waals surface area contributed by atoms with Crippen LogP contribution in [0.25, 0.3) is 0 Å². The molecule has 0 aliphatic carbocycles. The molecular formula is C14H20N4. The van der Waals surface area contributed by atoms with Gasteiger partial charge in [0, 0.05) is 25.0 Å². The maximum atomic E-state index is 5.66. The van der Waals surface area contributed by atoms with Gasteiger partial charge in [0.15, 0.2) is 0 Å². The van der Waals surface area contributed by atoms with Gasteiger partial charge in [-0.25, -0.2) is 0 Å². The minimum Gasteiger partial charge on any atom is -0.273 e. The lowest BCUT2D eigenvalue weighted by atomic mass is 10.00. The van der Waals surface area contributed by atoms with Crippen molar-refractivity contribution in [1.29, 1.82) is 0 Å². The number of benzene rings is 1. The van der Waals surface area contributed by atoms with Crippen molar-refractivity contribution in [3.05, 3.63) is 53.3 Å². The highest BCUT2D eigenvalue weighted by Crippen LogP contribution is 2.19. The monoisotopic (exact) mass is 244 g/mol. The van der Waals surface area contributed by atoms with Gasteiger partial charge in [-0.3, -0.25) is 16.0 Å². The minimum atomic E-state index is 0.180. The molecule has 1 atom stereocenters. The predicted octanol–water partition coefficient (Wildman–Crippen LogP) is 1.87. The van der Waals surface area contributed by atoms with Crippen LogP contribution in [-0.2, 0) is 13.5 Å². The molecule has 0 aliphatic rings. The Bertz CT molecular complexity index is 504. The van der Waals surface area contributed by atoms with Crippen molar-refractivity contribution in [2.75, 3.05) is 0 Å². The molecule has 18 heavy (non-hydrogen) atoms. The molecule has 1 aromatic carbocycles. The van der Waals surface area contributed by atoms with E-state index in [4.69, 9.17) is 5.84 Å². The molecule has 4 heteroatoms. The summed E-state index contributed by atoms with van der Waals surface area (Å²) in [5.74, 6) is 5.66. The fourth-order valence-corrected chi connectivity index (χ4v) is 2.17. The third-order valence-corrected chi connectivity index (χ3v) is 3.26. The molecular weight excluding hydrogens is 224 g/mol. The highest BCUT2D eigenvalue weighted by atomic mass is 15.3. The zero-order chi connectivity index (χ0) is 13.0. The minimum absolute atomic E-state index is 0.180. The highest BCUT2D eigenvalue weighted by molar-refractivity contribution is 5.25. The summed E-state index contributed by atoms with van der Waals surface area (Å²) in [5, 5.41) is 4.17. The quantitative estimate of drug-likeness (QED) is 0.623. The largest absolute Gasteiger partial charge is 0.273 e. The Hall–Kier alpha value is -1.65. The van der Waals surface area contributed by atoms with Crippen LogP contribution in [0.1, 0.15) is 29.3 Å². The van der Waals surface area contributed by atoms with Crippen LogP contribution in [0.3, 0.4) is 0 Å². The summed E-state index contributed by atoms with van der Waals surface area (Å²) >= 11 is 0. The van der Waals surface area contributed by atoms with Gasteiger partial charge in [0.25, 0.3) is 0 Å². The van der Waals surface area contributed by atoms with Crippen LogP contribution in [0, 0.1) is 6.92 Å². The molecule has 4 nitrogen and oxygen atoms in total. The molecule has 0 radical (unpaired) electrons. The second-order valence-electron chi connectivity index (χ2n) is 4.62. The Morgan fingerprint density at radius 1 is 1.39 bits per heavy atom. The molecule has 96 valence electrons. The lowest BCUT2D eigenvalue weighted by molar-refractivity contribution is 0.506. The Kier molecular flexibility index (Phi) is 4.12. The summed E-state index contributed by atoms with van der Waals surface area (Å²) in [7, 11) is 1.97. The van der Waals surface area contributed by atoms with E-state index in [1.807, 2.05) is 24.0 Å². The Morgan fingerprint density at radius 2 is 2.22 bits per heavy atom. The summed E-state index contributed by atoms with van der Waals surface area (Å²) in [4.78, 5) is 0. The first-order valence-electron chi connectivity index (χ1n) is 6.20. The van der Waals surface area contributed by atoms with Gasteiger partial charge in [-0.1, -0.05) is 29.8 Å². The van der Waals surface area contributed by atoms with Gasteiger partial charge in [-0.05, 0) is 31.4 Å². The second-order valence-corrected chi connectivity index (χ2v) is 4.62. The number of hydrogen-bond acceptors (Lipinski definition) is 3. The van der Waals surface area contributed by atoms with Crippen molar-refractivity contribution in [2.45, 2.75) is 25.8 Å². The Balaban J connectivity index is 2.04. The molecule has 1 heterocycles. The van der Waals surface area contributed by atoms with Crippen LogP contribution < -0.4 is 11.3 Å². The topological polar surface area (TPSA) is 55.9 Å². The average Bonchev–Trinajstić information content (AvgIpc) is 2.76. The lowest BCUT2D eigenvalue weighted by Gasteiger charge is -2.16. The molecule has 3 N–H and O–H groups in total. The van der Waals surface area contributed by atoms with Gasteiger partial charge < -0.3 is 0 Å². The molecule has 0 bridgehead atoms. The summed E-state index contributed by atoms with van der Waals surface area (Å²) < 4.78 is 1.91. The van der Waals surface area contributed by atoms with Gasteiger partial charge >= 0.3 is 0 Å². The van der Waals surface area contributed by atoms with E-state index in [1.165, 1.54) is 16.8 Å². The molecule has 0 aliphatic heterocycles. The van der Waals surface area contributed by atoms with E-state index < -0.39 is 0 Å². The van der Waals surface area contributed by atoms with E-state index in [1.54, 1.807) is 0 Å². The van der Waals surface area contributed by atoms with Crippen LogP contribution >= 0.6 is 0 Å². The summed E-state index contributed by atoms with van der Waals surface area (Å²) in [6.07, 6.45) is 3.74. The smallest absolute Gasteiger partial charge is 0.0492 e. The Labute approximate surface area is 108 Å². The van der Waals surface area contributed by atoms with Crippen LogP contribution in [0.2, 0.25) is 0 Å². The van der Waals surface area contributed by atoms with Crippen LogP contribution in [0.5, 0.6) is 0 Å². The van der Waals surface area contributed by atoms with Crippen LogP contribution in [-0.4, -0.2) is 9.78 Å². The Morgan fingerprint density at radius 3 is 2.83 bits per heavy atom. The maximum absolute atomic E-state index is 5.66. The summed E-state index contributed by atoms with van der Waals surface area (Å²) in [6.45, 7) is 2.10. The standard InChI is InChI=1S/C14H20N4/c1-11-4-3-5-12(10-11)14(17-15)7-6-13-8-9-16-18(13)2/h3-5,8-10,14,17H,6-7,15H2,1-2H3.